The van der Waals surface area contributed by atoms with Crippen molar-refractivity contribution < 1.29 is 27.3 Å². The fourth-order valence-corrected chi connectivity index (χ4v) is 5.77. The van der Waals surface area contributed by atoms with Gasteiger partial charge in [-0.2, -0.15) is 4.31 Å². The molecule has 0 unspecified atom stereocenters. The van der Waals surface area contributed by atoms with E-state index in [1.807, 2.05) is 0 Å². The average molecular weight is 532 g/mol. The number of carbonyl (C=O) groups excluding carboxylic acids is 1. The predicted octanol–water partition coefficient (Wildman–Crippen LogP) is 1.86. The summed E-state index contributed by atoms with van der Waals surface area (Å²) in [6.45, 7) is 1.28. The predicted molar refractivity (Wildman–Crippen MR) is 128 cm³/mol. The van der Waals surface area contributed by atoms with Gasteiger partial charge in [-0.25, -0.2) is 22.3 Å². The maximum atomic E-state index is 15.1. The van der Waals surface area contributed by atoms with E-state index in [1.54, 1.807) is 27.9 Å². The number of non-ortho nitro benzene ring substituents is 1. The van der Waals surface area contributed by atoms with E-state index in [2.05, 4.69) is 10.3 Å². The zero-order chi connectivity index (χ0) is 26.2. The fraction of sp³-hybridized carbons (Fsp3) is 0.318. The Morgan fingerprint density at radius 3 is 2.46 bits per heavy atom. The number of piperazine rings is 1. The molecule has 13 nitrogen and oxygen atoms in total. The molecule has 0 N–H and O–H groups in total. The first-order valence-corrected chi connectivity index (χ1v) is 12.8. The number of anilines is 2. The number of nitrogens with zero attached hydrogens (tertiary/aromatic N) is 7. The third-order valence-corrected chi connectivity index (χ3v) is 8.16. The molecule has 0 bridgehead atoms. The summed E-state index contributed by atoms with van der Waals surface area (Å²) in [5.74, 6) is -0.545. The van der Waals surface area contributed by atoms with E-state index in [0.717, 1.165) is 12.1 Å². The molecule has 2 saturated heterocycles. The summed E-state index contributed by atoms with van der Waals surface area (Å²) in [4.78, 5) is 25.6. The molecular formula is C22H22FN7O6S. The maximum absolute atomic E-state index is 15.1. The van der Waals surface area contributed by atoms with Crippen LogP contribution in [0.4, 0.5) is 26.2 Å². The van der Waals surface area contributed by atoms with Gasteiger partial charge in [-0.3, -0.25) is 15.0 Å². The Kier molecular flexibility index (Phi) is 6.47. The number of nitro benzene ring substituents is 1. The summed E-state index contributed by atoms with van der Waals surface area (Å²) >= 11 is 0. The second kappa shape index (κ2) is 9.74. The SMILES string of the molecule is O=C1O[C@@H](Cn2ccnn2)CN1c1ccc(N2CCN(S(=O)(=O)c3ccc([N+](=O)[O-])cc3)CC2)c(F)c1. The summed E-state index contributed by atoms with van der Waals surface area (Å²) in [5, 5.41) is 18.4. The quantitative estimate of drug-likeness (QED) is 0.329. The Morgan fingerprint density at radius 2 is 1.84 bits per heavy atom. The Labute approximate surface area is 210 Å². The second-order valence-corrected chi connectivity index (χ2v) is 10.5. The molecule has 0 aliphatic carbocycles. The monoisotopic (exact) mass is 531 g/mol. The molecule has 3 heterocycles. The van der Waals surface area contributed by atoms with E-state index in [1.165, 1.54) is 33.6 Å². The van der Waals surface area contributed by atoms with Crippen molar-refractivity contribution in [3.63, 3.8) is 0 Å². The molecule has 1 atom stereocenters. The van der Waals surface area contributed by atoms with Crippen LogP contribution in [0.1, 0.15) is 0 Å². The third-order valence-electron chi connectivity index (χ3n) is 6.24. The molecule has 37 heavy (non-hydrogen) atoms. The first kappa shape index (κ1) is 24.6. The van der Waals surface area contributed by atoms with Gasteiger partial charge in [0.05, 0.1) is 40.5 Å². The lowest BCUT2D eigenvalue weighted by molar-refractivity contribution is -0.384. The van der Waals surface area contributed by atoms with Crippen molar-refractivity contribution in [2.45, 2.75) is 17.5 Å². The van der Waals surface area contributed by atoms with Crippen LogP contribution < -0.4 is 9.80 Å². The molecule has 194 valence electrons. The molecule has 1 amide bonds. The Bertz CT molecular complexity index is 1410. The van der Waals surface area contributed by atoms with Gasteiger partial charge in [0.25, 0.3) is 5.69 Å². The molecule has 2 fully saturated rings. The van der Waals surface area contributed by atoms with Crippen molar-refractivity contribution in [2.75, 3.05) is 42.5 Å². The maximum Gasteiger partial charge on any atom is 0.414 e. The highest BCUT2D eigenvalue weighted by molar-refractivity contribution is 7.89. The van der Waals surface area contributed by atoms with Crippen molar-refractivity contribution in [3.05, 3.63) is 70.8 Å². The highest BCUT2D eigenvalue weighted by atomic mass is 32.2. The standard InChI is InChI=1S/C22H22FN7O6S/c23-20-13-17(29-15-18(36-22(29)31)14-27-8-7-24-25-27)3-6-21(20)26-9-11-28(12-10-26)37(34,35)19-4-1-16(2-5-19)30(32)33/h1-8,13,18H,9-12,14-15H2/t18-/m0/s1. The Morgan fingerprint density at radius 1 is 1.11 bits per heavy atom. The van der Waals surface area contributed by atoms with Gasteiger partial charge >= 0.3 is 6.09 Å². The number of amides is 1. The van der Waals surface area contributed by atoms with Crippen LogP contribution in [0.2, 0.25) is 0 Å². The molecule has 0 spiro atoms. The number of benzene rings is 2. The van der Waals surface area contributed by atoms with Gasteiger partial charge in [0, 0.05) is 44.5 Å². The number of nitro groups is 1. The van der Waals surface area contributed by atoms with E-state index < -0.39 is 33.0 Å². The lowest BCUT2D eigenvalue weighted by Gasteiger charge is -2.35. The topological polar surface area (TPSA) is 144 Å². The molecule has 0 saturated carbocycles. The van der Waals surface area contributed by atoms with Crippen LogP contribution in [-0.4, -0.2) is 77.6 Å². The normalized spacial score (nSPS) is 18.7. The minimum absolute atomic E-state index is 0.0401. The van der Waals surface area contributed by atoms with Gasteiger partial charge in [-0.05, 0) is 30.3 Å². The van der Waals surface area contributed by atoms with Crippen molar-refractivity contribution >= 4 is 33.2 Å². The zero-order valence-corrected chi connectivity index (χ0v) is 20.2. The van der Waals surface area contributed by atoms with Crippen LogP contribution in [0.3, 0.4) is 0 Å². The number of halogens is 1. The smallest absolute Gasteiger partial charge is 0.414 e. The van der Waals surface area contributed by atoms with Gasteiger partial charge < -0.3 is 9.64 Å². The largest absolute Gasteiger partial charge is 0.442 e. The van der Waals surface area contributed by atoms with E-state index in [4.69, 9.17) is 4.74 Å². The number of rotatable bonds is 7. The number of hydrogen-bond donors (Lipinski definition) is 0. The molecule has 15 heteroatoms. The fourth-order valence-electron chi connectivity index (χ4n) is 4.34. The highest BCUT2D eigenvalue weighted by Crippen LogP contribution is 2.29. The van der Waals surface area contributed by atoms with Crippen LogP contribution in [0, 0.1) is 15.9 Å². The van der Waals surface area contributed by atoms with Crippen molar-refractivity contribution in [1.29, 1.82) is 0 Å². The minimum atomic E-state index is -3.85. The average Bonchev–Trinajstić information content (AvgIpc) is 3.53. The molecule has 5 rings (SSSR count). The molecule has 1 aromatic heterocycles. The Hall–Kier alpha value is -4.11. The molecule has 2 aliphatic heterocycles. The van der Waals surface area contributed by atoms with E-state index in [0.29, 0.717) is 17.9 Å². The van der Waals surface area contributed by atoms with Crippen molar-refractivity contribution in [1.82, 2.24) is 19.3 Å². The first-order valence-electron chi connectivity index (χ1n) is 11.3. The number of aromatic nitrogens is 3. The van der Waals surface area contributed by atoms with Gasteiger partial charge in [-0.15, -0.1) is 5.10 Å². The summed E-state index contributed by atoms with van der Waals surface area (Å²) in [5.41, 5.74) is 0.449. The van der Waals surface area contributed by atoms with Gasteiger partial charge in [-0.1, -0.05) is 5.21 Å². The molecule has 3 aromatic rings. The van der Waals surface area contributed by atoms with Crippen LogP contribution in [0.5, 0.6) is 0 Å². The first-order chi connectivity index (χ1) is 17.7. The second-order valence-electron chi connectivity index (χ2n) is 8.52. The molecule has 0 radical (unpaired) electrons. The van der Waals surface area contributed by atoms with E-state index in [9.17, 15) is 23.3 Å². The van der Waals surface area contributed by atoms with Crippen LogP contribution in [0.15, 0.2) is 59.8 Å². The van der Waals surface area contributed by atoms with Crippen LogP contribution >= 0.6 is 0 Å². The summed E-state index contributed by atoms with van der Waals surface area (Å²) < 4.78 is 49.1. The van der Waals surface area contributed by atoms with Gasteiger partial charge in [0.15, 0.2) is 0 Å². The molecule has 2 aliphatic rings. The van der Waals surface area contributed by atoms with Crippen molar-refractivity contribution in [3.8, 4) is 0 Å². The van der Waals surface area contributed by atoms with E-state index in [-0.39, 0.29) is 43.3 Å². The number of carbonyl (C=O) groups is 1. The van der Waals surface area contributed by atoms with Crippen LogP contribution in [0.25, 0.3) is 0 Å². The number of hydrogen-bond acceptors (Lipinski definition) is 9. The van der Waals surface area contributed by atoms with Gasteiger partial charge in [0.2, 0.25) is 10.0 Å². The lowest BCUT2D eigenvalue weighted by atomic mass is 10.2. The van der Waals surface area contributed by atoms with Crippen molar-refractivity contribution in [2.24, 2.45) is 0 Å². The number of ether oxygens (including phenoxy) is 1. The summed E-state index contributed by atoms with van der Waals surface area (Å²) in [6.07, 6.45) is 2.14. The summed E-state index contributed by atoms with van der Waals surface area (Å²) in [6, 6.07) is 9.14. The van der Waals surface area contributed by atoms with Gasteiger partial charge in [0.1, 0.15) is 11.9 Å². The zero-order valence-electron chi connectivity index (χ0n) is 19.4. The third kappa shape index (κ3) is 4.95. The molecular weight excluding hydrogens is 509 g/mol. The minimum Gasteiger partial charge on any atom is -0.442 e. The molecule has 2 aromatic carbocycles. The summed E-state index contributed by atoms with van der Waals surface area (Å²) in [7, 11) is -3.85. The number of sulfonamides is 1. The van der Waals surface area contributed by atoms with Crippen LogP contribution in [-0.2, 0) is 21.3 Å². The number of cyclic esters (lactones) is 1. The lowest BCUT2D eigenvalue weighted by Crippen LogP contribution is -2.48. The van der Waals surface area contributed by atoms with E-state index >= 15 is 4.39 Å². The highest BCUT2D eigenvalue weighted by Gasteiger charge is 2.34. The Balaban J connectivity index is 1.22.